The molecule has 22 heavy (non-hydrogen) atoms. The molecule has 1 amide bonds. The zero-order valence-electron chi connectivity index (χ0n) is 12.3. The van der Waals surface area contributed by atoms with Crippen molar-refractivity contribution in [1.82, 2.24) is 5.32 Å². The van der Waals surface area contributed by atoms with E-state index in [1.807, 2.05) is 0 Å². The van der Waals surface area contributed by atoms with Crippen LogP contribution in [-0.4, -0.2) is 18.5 Å². The van der Waals surface area contributed by atoms with E-state index in [0.29, 0.717) is 19.0 Å². The van der Waals surface area contributed by atoms with Crippen molar-refractivity contribution >= 4 is 29.0 Å². The molecule has 4 heteroatoms. The molecule has 4 rings (SSSR count). The normalized spacial score (nSPS) is 15.9. The maximum Gasteiger partial charge on any atom is 0.222 e. The molecule has 0 spiro atoms. The van der Waals surface area contributed by atoms with Crippen LogP contribution in [0, 0.1) is 0 Å². The molecule has 3 nitrogen and oxygen atoms in total. The van der Waals surface area contributed by atoms with Gasteiger partial charge in [-0.2, -0.15) is 0 Å². The number of hydrogen-bond acceptors (Lipinski definition) is 3. The molecule has 0 saturated heterocycles. The van der Waals surface area contributed by atoms with Crippen LogP contribution in [0.4, 0.5) is 11.4 Å². The molecule has 1 saturated carbocycles. The van der Waals surface area contributed by atoms with Gasteiger partial charge in [0.15, 0.2) is 0 Å². The van der Waals surface area contributed by atoms with E-state index in [2.05, 4.69) is 58.7 Å². The van der Waals surface area contributed by atoms with Crippen LogP contribution in [0.5, 0.6) is 0 Å². The Morgan fingerprint density at radius 2 is 1.64 bits per heavy atom. The first kappa shape index (κ1) is 13.7. The predicted octanol–water partition coefficient (Wildman–Crippen LogP) is 3.96. The van der Waals surface area contributed by atoms with E-state index < -0.39 is 0 Å². The Hall–Kier alpha value is -1.94. The highest BCUT2D eigenvalue weighted by atomic mass is 32.2. The molecule has 2 aromatic carbocycles. The van der Waals surface area contributed by atoms with E-state index in [4.69, 9.17) is 0 Å². The molecule has 0 unspecified atom stereocenters. The molecule has 1 heterocycles. The van der Waals surface area contributed by atoms with Gasteiger partial charge in [-0.3, -0.25) is 4.79 Å². The number of anilines is 2. The first-order valence-corrected chi connectivity index (χ1v) is 8.56. The van der Waals surface area contributed by atoms with Crippen molar-refractivity contribution in [1.29, 1.82) is 0 Å². The molecule has 0 atom stereocenters. The molecular weight excluding hydrogens is 292 g/mol. The SMILES string of the molecule is O=C(CCN1c2ccccc2Sc2ccccc21)NC1CC1. The summed E-state index contributed by atoms with van der Waals surface area (Å²) in [6, 6.07) is 17.3. The van der Waals surface area contributed by atoms with Gasteiger partial charge in [0.05, 0.1) is 11.4 Å². The zero-order valence-corrected chi connectivity index (χ0v) is 13.1. The van der Waals surface area contributed by atoms with Gasteiger partial charge >= 0.3 is 0 Å². The summed E-state index contributed by atoms with van der Waals surface area (Å²) in [7, 11) is 0. The number of benzene rings is 2. The van der Waals surface area contributed by atoms with Crippen molar-refractivity contribution in [2.24, 2.45) is 0 Å². The highest BCUT2D eigenvalue weighted by molar-refractivity contribution is 7.99. The molecule has 1 N–H and O–H groups in total. The van der Waals surface area contributed by atoms with Crippen molar-refractivity contribution < 1.29 is 4.79 Å². The van der Waals surface area contributed by atoms with Gasteiger partial charge in [0, 0.05) is 28.8 Å². The van der Waals surface area contributed by atoms with Gasteiger partial charge < -0.3 is 10.2 Å². The van der Waals surface area contributed by atoms with Gasteiger partial charge in [0.2, 0.25) is 5.91 Å². The summed E-state index contributed by atoms with van der Waals surface area (Å²) in [5.41, 5.74) is 2.40. The van der Waals surface area contributed by atoms with E-state index in [0.717, 1.165) is 12.8 Å². The monoisotopic (exact) mass is 310 g/mol. The maximum atomic E-state index is 12.0. The molecule has 1 aliphatic carbocycles. The van der Waals surface area contributed by atoms with Gasteiger partial charge in [-0.25, -0.2) is 0 Å². The molecule has 112 valence electrons. The van der Waals surface area contributed by atoms with Crippen molar-refractivity contribution in [2.75, 3.05) is 11.4 Å². The van der Waals surface area contributed by atoms with E-state index in [9.17, 15) is 4.79 Å². The average Bonchev–Trinajstić information content (AvgIpc) is 3.35. The Kier molecular flexibility index (Phi) is 3.54. The number of nitrogens with zero attached hydrogens (tertiary/aromatic N) is 1. The van der Waals surface area contributed by atoms with Gasteiger partial charge in [-0.15, -0.1) is 0 Å². The molecule has 2 aliphatic rings. The minimum Gasteiger partial charge on any atom is -0.353 e. The summed E-state index contributed by atoms with van der Waals surface area (Å²) >= 11 is 1.80. The summed E-state index contributed by atoms with van der Waals surface area (Å²) in [6.45, 7) is 0.715. The Morgan fingerprint density at radius 3 is 2.23 bits per heavy atom. The lowest BCUT2D eigenvalue weighted by atomic mass is 10.2. The Morgan fingerprint density at radius 1 is 1.05 bits per heavy atom. The first-order chi connectivity index (χ1) is 10.8. The lowest BCUT2D eigenvalue weighted by Gasteiger charge is -2.32. The standard InChI is InChI=1S/C18H18N2OS/c21-18(19-13-9-10-13)11-12-20-14-5-1-3-7-16(14)22-17-8-4-2-6-15(17)20/h1-8,13H,9-12H2,(H,19,21). The topological polar surface area (TPSA) is 32.3 Å². The Balaban J connectivity index is 1.58. The van der Waals surface area contributed by atoms with Crippen LogP contribution in [0.15, 0.2) is 58.3 Å². The van der Waals surface area contributed by atoms with Crippen molar-refractivity contribution in [3.63, 3.8) is 0 Å². The highest BCUT2D eigenvalue weighted by Crippen LogP contribution is 2.47. The highest BCUT2D eigenvalue weighted by Gasteiger charge is 2.25. The molecular formula is C18H18N2OS. The minimum absolute atomic E-state index is 0.163. The third kappa shape index (κ3) is 2.71. The number of amides is 1. The van der Waals surface area contributed by atoms with Gasteiger partial charge in [0.25, 0.3) is 0 Å². The van der Waals surface area contributed by atoms with Crippen LogP contribution in [0.1, 0.15) is 19.3 Å². The summed E-state index contributed by atoms with van der Waals surface area (Å²) < 4.78 is 0. The van der Waals surface area contributed by atoms with Crippen LogP contribution in [0.2, 0.25) is 0 Å². The van der Waals surface area contributed by atoms with E-state index in [1.54, 1.807) is 11.8 Å². The minimum atomic E-state index is 0.163. The van der Waals surface area contributed by atoms with E-state index in [1.165, 1.54) is 21.2 Å². The Bertz CT molecular complexity index is 666. The zero-order chi connectivity index (χ0) is 14.9. The quantitative estimate of drug-likeness (QED) is 0.928. The van der Waals surface area contributed by atoms with Gasteiger partial charge in [0.1, 0.15) is 0 Å². The number of fused-ring (bicyclic) bond motifs is 2. The predicted molar refractivity (Wildman–Crippen MR) is 89.8 cm³/mol. The maximum absolute atomic E-state index is 12.0. The number of para-hydroxylation sites is 2. The summed E-state index contributed by atoms with van der Waals surface area (Å²) in [5, 5.41) is 3.07. The number of hydrogen-bond donors (Lipinski definition) is 1. The fraction of sp³-hybridized carbons (Fsp3) is 0.278. The molecule has 0 bridgehead atoms. The van der Waals surface area contributed by atoms with Crippen LogP contribution < -0.4 is 10.2 Å². The smallest absolute Gasteiger partial charge is 0.222 e. The summed E-state index contributed by atoms with van der Waals surface area (Å²) in [5.74, 6) is 0.163. The molecule has 1 fully saturated rings. The summed E-state index contributed by atoms with van der Waals surface area (Å²) in [4.78, 5) is 16.8. The number of carbonyl (C=O) groups is 1. The first-order valence-electron chi connectivity index (χ1n) is 7.74. The Labute approximate surface area is 134 Å². The molecule has 2 aromatic rings. The molecule has 0 aromatic heterocycles. The van der Waals surface area contributed by atoms with Crippen LogP contribution in [0.25, 0.3) is 0 Å². The van der Waals surface area contributed by atoms with Crippen LogP contribution in [-0.2, 0) is 4.79 Å². The van der Waals surface area contributed by atoms with Crippen molar-refractivity contribution in [3.8, 4) is 0 Å². The van der Waals surface area contributed by atoms with Crippen molar-refractivity contribution in [2.45, 2.75) is 35.1 Å². The summed E-state index contributed by atoms with van der Waals surface area (Å²) in [6.07, 6.45) is 2.80. The number of rotatable bonds is 4. The lowest BCUT2D eigenvalue weighted by molar-refractivity contribution is -0.121. The van der Waals surface area contributed by atoms with Gasteiger partial charge in [-0.05, 0) is 37.1 Å². The second kappa shape index (κ2) is 5.69. The van der Waals surface area contributed by atoms with Crippen LogP contribution in [0.3, 0.4) is 0 Å². The molecule has 1 aliphatic heterocycles. The largest absolute Gasteiger partial charge is 0.353 e. The number of carbonyl (C=O) groups excluding carboxylic acids is 1. The second-order valence-electron chi connectivity index (χ2n) is 5.78. The average molecular weight is 310 g/mol. The van der Waals surface area contributed by atoms with Gasteiger partial charge in [-0.1, -0.05) is 36.0 Å². The van der Waals surface area contributed by atoms with E-state index in [-0.39, 0.29) is 5.91 Å². The lowest BCUT2D eigenvalue weighted by Crippen LogP contribution is -2.30. The second-order valence-corrected chi connectivity index (χ2v) is 6.86. The number of nitrogens with one attached hydrogen (secondary N) is 1. The fourth-order valence-electron chi connectivity index (χ4n) is 2.76. The fourth-order valence-corrected chi connectivity index (χ4v) is 3.86. The van der Waals surface area contributed by atoms with Crippen LogP contribution >= 0.6 is 11.8 Å². The third-order valence-electron chi connectivity index (χ3n) is 4.04. The van der Waals surface area contributed by atoms with E-state index >= 15 is 0 Å². The third-order valence-corrected chi connectivity index (χ3v) is 5.17. The molecule has 0 radical (unpaired) electrons. The van der Waals surface area contributed by atoms with Crippen molar-refractivity contribution in [3.05, 3.63) is 48.5 Å².